The van der Waals surface area contributed by atoms with E-state index < -0.39 is 0 Å². The maximum Gasteiger partial charge on any atom is 0.330 e. The van der Waals surface area contributed by atoms with Crippen LogP contribution < -0.4 is 4.74 Å². The maximum absolute atomic E-state index is 14.9. The van der Waals surface area contributed by atoms with Gasteiger partial charge in [-0.2, -0.15) is 0 Å². The third kappa shape index (κ3) is 4.33. The van der Waals surface area contributed by atoms with Crippen molar-refractivity contribution in [1.82, 2.24) is 0 Å². The fourth-order valence-electron chi connectivity index (χ4n) is 3.03. The lowest BCUT2D eigenvalue weighted by molar-refractivity contribution is -0.137. The van der Waals surface area contributed by atoms with E-state index in [0.717, 1.165) is 16.7 Å². The summed E-state index contributed by atoms with van der Waals surface area (Å²) in [6.45, 7) is 2.48. The molecule has 2 aromatic carbocycles. The predicted octanol–water partition coefficient (Wildman–Crippen LogP) is 5.15. The van der Waals surface area contributed by atoms with Crippen molar-refractivity contribution in [1.29, 1.82) is 0 Å². The molecule has 3 nitrogen and oxygen atoms in total. The van der Waals surface area contributed by atoms with E-state index in [-0.39, 0.29) is 11.8 Å². The molecule has 5 heteroatoms. The Bertz CT molecular complexity index is 831. The van der Waals surface area contributed by atoms with Crippen LogP contribution in [0.2, 0.25) is 0 Å². The maximum atomic E-state index is 14.9. The lowest BCUT2D eigenvalue weighted by atomic mass is 9.87. The molecule has 0 saturated carbocycles. The van der Waals surface area contributed by atoms with Gasteiger partial charge in [-0.1, -0.05) is 35.9 Å². The number of fused-ring (bicyclic) bond motifs is 1. The van der Waals surface area contributed by atoms with Crippen molar-refractivity contribution in [3.63, 3.8) is 0 Å². The highest BCUT2D eigenvalue weighted by atomic mass is 79.9. The summed E-state index contributed by atoms with van der Waals surface area (Å²) in [5, 5.41) is 0. The SMILES string of the molecule is CCOC(=O)C=C1CCc2cc(OCc3ccccc3)c(Br)c(F)c2C1. The van der Waals surface area contributed by atoms with Crippen molar-refractivity contribution in [2.75, 3.05) is 6.61 Å². The molecule has 0 bridgehead atoms. The number of ether oxygens (including phenoxy) is 2. The number of rotatable bonds is 5. The van der Waals surface area contributed by atoms with Crippen molar-refractivity contribution < 1.29 is 18.7 Å². The zero-order valence-electron chi connectivity index (χ0n) is 14.6. The Morgan fingerprint density at radius 2 is 2.04 bits per heavy atom. The molecule has 0 fully saturated rings. The van der Waals surface area contributed by atoms with Gasteiger partial charge in [0.1, 0.15) is 18.2 Å². The number of aryl methyl sites for hydroxylation is 1. The minimum Gasteiger partial charge on any atom is -0.488 e. The minimum atomic E-state index is -0.367. The lowest BCUT2D eigenvalue weighted by Crippen LogP contribution is -2.12. The van der Waals surface area contributed by atoms with Crippen molar-refractivity contribution >= 4 is 21.9 Å². The van der Waals surface area contributed by atoms with Crippen LogP contribution in [0, 0.1) is 5.82 Å². The van der Waals surface area contributed by atoms with E-state index in [2.05, 4.69) is 15.9 Å². The third-order valence-corrected chi connectivity index (χ3v) is 5.07. The Morgan fingerprint density at radius 1 is 1.27 bits per heavy atom. The molecule has 0 amide bonds. The number of carbonyl (C=O) groups is 1. The van der Waals surface area contributed by atoms with E-state index in [1.165, 1.54) is 6.08 Å². The van der Waals surface area contributed by atoms with E-state index in [4.69, 9.17) is 9.47 Å². The highest BCUT2D eigenvalue weighted by molar-refractivity contribution is 9.10. The Morgan fingerprint density at radius 3 is 2.77 bits per heavy atom. The second-order valence-electron chi connectivity index (χ2n) is 6.15. The molecule has 0 radical (unpaired) electrons. The Balaban J connectivity index is 1.79. The summed E-state index contributed by atoms with van der Waals surface area (Å²) in [6.07, 6.45) is 3.29. The van der Waals surface area contributed by atoms with Crippen molar-refractivity contribution in [2.24, 2.45) is 0 Å². The molecular weight excluding hydrogens is 399 g/mol. The summed E-state index contributed by atoms with van der Waals surface area (Å²) in [6, 6.07) is 11.7. The monoisotopic (exact) mass is 418 g/mol. The average Bonchev–Trinajstić information content (AvgIpc) is 2.65. The molecular formula is C21H20BrFO3. The average molecular weight is 419 g/mol. The Labute approximate surface area is 160 Å². The number of hydrogen-bond donors (Lipinski definition) is 0. The topological polar surface area (TPSA) is 35.5 Å². The first kappa shape index (κ1) is 18.6. The fraction of sp³-hybridized carbons (Fsp3) is 0.286. The quantitative estimate of drug-likeness (QED) is 0.497. The number of benzene rings is 2. The Hall–Kier alpha value is -2.14. The molecule has 0 aliphatic heterocycles. The summed E-state index contributed by atoms with van der Waals surface area (Å²) in [5.74, 6) is -0.184. The summed E-state index contributed by atoms with van der Waals surface area (Å²) in [4.78, 5) is 11.6. The van der Waals surface area contributed by atoms with Crippen LogP contribution in [0.4, 0.5) is 4.39 Å². The zero-order chi connectivity index (χ0) is 18.5. The minimum absolute atomic E-state index is 0.319. The molecule has 1 aliphatic carbocycles. The van der Waals surface area contributed by atoms with Crippen LogP contribution in [0.3, 0.4) is 0 Å². The van der Waals surface area contributed by atoms with Gasteiger partial charge < -0.3 is 9.47 Å². The van der Waals surface area contributed by atoms with Gasteiger partial charge in [-0.25, -0.2) is 9.18 Å². The number of carbonyl (C=O) groups excluding carboxylic acids is 1. The van der Waals surface area contributed by atoms with Gasteiger partial charge in [0.25, 0.3) is 0 Å². The molecule has 0 atom stereocenters. The molecule has 0 N–H and O–H groups in total. The molecule has 0 saturated heterocycles. The van der Waals surface area contributed by atoms with Crippen LogP contribution in [0.1, 0.15) is 30.0 Å². The standard InChI is InChI=1S/C21H20BrFO3/c1-2-25-19(24)11-15-8-9-16-12-18(20(22)21(23)17(16)10-15)26-13-14-6-4-3-5-7-14/h3-7,11-12H,2,8-10,13H2,1H3. The van der Waals surface area contributed by atoms with Crippen LogP contribution in [0.25, 0.3) is 0 Å². The molecule has 0 unspecified atom stereocenters. The number of allylic oxidation sites excluding steroid dienone is 1. The van der Waals surface area contributed by atoms with E-state index in [9.17, 15) is 9.18 Å². The second-order valence-corrected chi connectivity index (χ2v) is 6.94. The smallest absolute Gasteiger partial charge is 0.330 e. The van der Waals surface area contributed by atoms with Crippen LogP contribution in [-0.4, -0.2) is 12.6 Å². The number of halogens is 2. The molecule has 26 heavy (non-hydrogen) atoms. The largest absolute Gasteiger partial charge is 0.488 e. The zero-order valence-corrected chi connectivity index (χ0v) is 16.1. The highest BCUT2D eigenvalue weighted by Gasteiger charge is 2.22. The Kier molecular flexibility index (Phi) is 6.09. The molecule has 2 aromatic rings. The summed E-state index contributed by atoms with van der Waals surface area (Å²) in [5.41, 5.74) is 3.46. The number of hydrogen-bond acceptors (Lipinski definition) is 3. The van der Waals surface area contributed by atoms with E-state index in [1.54, 1.807) is 6.92 Å². The van der Waals surface area contributed by atoms with Gasteiger partial charge in [-0.3, -0.25) is 0 Å². The van der Waals surface area contributed by atoms with Crippen LogP contribution in [0.15, 0.2) is 52.5 Å². The summed E-state index contributed by atoms with van der Waals surface area (Å²) >= 11 is 3.32. The predicted molar refractivity (Wildman–Crippen MR) is 102 cm³/mol. The molecule has 3 rings (SSSR count). The fourth-order valence-corrected chi connectivity index (χ4v) is 3.50. The third-order valence-electron chi connectivity index (χ3n) is 4.33. The molecule has 0 spiro atoms. The molecule has 0 heterocycles. The van der Waals surface area contributed by atoms with Gasteiger partial charge in [0.05, 0.1) is 11.1 Å². The van der Waals surface area contributed by atoms with Crippen LogP contribution in [-0.2, 0) is 29.0 Å². The van der Waals surface area contributed by atoms with Gasteiger partial charge >= 0.3 is 5.97 Å². The van der Waals surface area contributed by atoms with E-state index in [0.29, 0.717) is 48.3 Å². The highest BCUT2D eigenvalue weighted by Crippen LogP contribution is 2.37. The van der Waals surface area contributed by atoms with Gasteiger partial charge in [0.2, 0.25) is 0 Å². The first-order valence-corrected chi connectivity index (χ1v) is 9.40. The summed E-state index contributed by atoms with van der Waals surface area (Å²) < 4.78 is 25.9. The molecule has 136 valence electrons. The first-order chi connectivity index (χ1) is 12.6. The first-order valence-electron chi connectivity index (χ1n) is 8.61. The molecule has 1 aliphatic rings. The number of esters is 1. The normalized spacial score (nSPS) is 14.8. The van der Waals surface area contributed by atoms with Gasteiger partial charge in [0, 0.05) is 6.08 Å². The van der Waals surface area contributed by atoms with Crippen molar-refractivity contribution in [3.05, 3.63) is 75.0 Å². The van der Waals surface area contributed by atoms with Crippen molar-refractivity contribution in [3.8, 4) is 5.75 Å². The van der Waals surface area contributed by atoms with E-state index in [1.807, 2.05) is 36.4 Å². The van der Waals surface area contributed by atoms with Crippen LogP contribution >= 0.6 is 15.9 Å². The van der Waals surface area contributed by atoms with Gasteiger partial charge in [-0.05, 0) is 64.9 Å². The van der Waals surface area contributed by atoms with E-state index >= 15 is 0 Å². The molecule has 0 aromatic heterocycles. The summed E-state index contributed by atoms with van der Waals surface area (Å²) in [7, 11) is 0. The van der Waals surface area contributed by atoms with Gasteiger partial charge in [-0.15, -0.1) is 0 Å². The lowest BCUT2D eigenvalue weighted by Gasteiger charge is -2.21. The van der Waals surface area contributed by atoms with Gasteiger partial charge in [0.15, 0.2) is 0 Å². The second kappa shape index (κ2) is 8.49. The van der Waals surface area contributed by atoms with Crippen LogP contribution in [0.5, 0.6) is 5.75 Å². The van der Waals surface area contributed by atoms with Crippen molar-refractivity contribution in [2.45, 2.75) is 32.8 Å².